The molecule has 0 saturated heterocycles. The minimum absolute atomic E-state index is 0.0915. The second-order valence-electron chi connectivity index (χ2n) is 7.09. The molecule has 9 heteroatoms. The quantitative estimate of drug-likeness (QED) is 0.315. The van der Waals surface area contributed by atoms with Gasteiger partial charge in [-0.3, -0.25) is 4.79 Å². The van der Waals surface area contributed by atoms with Crippen molar-refractivity contribution < 1.29 is 23.5 Å². The smallest absolute Gasteiger partial charge is 0.349 e. The summed E-state index contributed by atoms with van der Waals surface area (Å²) < 4.78 is 15.8. The van der Waals surface area contributed by atoms with Crippen LogP contribution in [0, 0.1) is 5.92 Å². The maximum absolute atomic E-state index is 12.2. The van der Waals surface area contributed by atoms with Gasteiger partial charge >= 0.3 is 11.6 Å². The zero-order valence-corrected chi connectivity index (χ0v) is 18.3. The Hall–Kier alpha value is -3.03. The van der Waals surface area contributed by atoms with Crippen LogP contribution in [0.2, 0.25) is 10.0 Å². The number of benzene rings is 2. The van der Waals surface area contributed by atoms with Crippen molar-refractivity contribution in [2.24, 2.45) is 5.92 Å². The number of carbonyl (C=O) groups excluding carboxylic acids is 2. The van der Waals surface area contributed by atoms with Gasteiger partial charge in [0.1, 0.15) is 22.6 Å². The lowest BCUT2D eigenvalue weighted by Crippen LogP contribution is -2.31. The van der Waals surface area contributed by atoms with E-state index in [0.717, 1.165) is 0 Å². The molecule has 0 unspecified atom stereocenters. The first-order valence-electron chi connectivity index (χ1n) is 9.37. The third-order valence-electron chi connectivity index (χ3n) is 4.09. The van der Waals surface area contributed by atoms with Gasteiger partial charge in [-0.1, -0.05) is 37.0 Å². The first-order chi connectivity index (χ1) is 14.7. The molecule has 1 aromatic heterocycles. The molecule has 0 radical (unpaired) electrons. The molecule has 1 heterocycles. The van der Waals surface area contributed by atoms with Crippen LogP contribution in [0.25, 0.3) is 11.0 Å². The fraction of sp³-hybridized carbons (Fsp3) is 0.227. The molecule has 3 aromatic rings. The van der Waals surface area contributed by atoms with Gasteiger partial charge in [-0.15, -0.1) is 0 Å². The van der Waals surface area contributed by atoms with Crippen molar-refractivity contribution in [1.29, 1.82) is 0 Å². The van der Waals surface area contributed by atoms with Gasteiger partial charge < -0.3 is 19.2 Å². The van der Waals surface area contributed by atoms with E-state index < -0.39 is 24.1 Å². The van der Waals surface area contributed by atoms with Crippen LogP contribution in [-0.4, -0.2) is 25.0 Å². The molecule has 162 valence electrons. The molecule has 0 aliphatic rings. The Labute approximate surface area is 187 Å². The van der Waals surface area contributed by atoms with Crippen molar-refractivity contribution in [2.45, 2.75) is 13.8 Å². The molecule has 3 rings (SSSR count). The predicted molar refractivity (Wildman–Crippen MR) is 117 cm³/mol. The largest absolute Gasteiger partial charge is 0.480 e. The molecule has 0 bridgehead atoms. The third-order valence-corrected chi connectivity index (χ3v) is 4.62. The Kier molecular flexibility index (Phi) is 7.20. The van der Waals surface area contributed by atoms with Crippen LogP contribution in [0.3, 0.4) is 0 Å². The number of halogens is 2. The summed E-state index contributed by atoms with van der Waals surface area (Å²) in [6.45, 7) is 3.94. The summed E-state index contributed by atoms with van der Waals surface area (Å²) in [4.78, 5) is 36.5. The average molecular weight is 464 g/mol. The summed E-state index contributed by atoms with van der Waals surface area (Å²) in [5.74, 6) is -0.497. The van der Waals surface area contributed by atoms with Crippen LogP contribution in [0.15, 0.2) is 51.7 Å². The minimum Gasteiger partial charge on any atom is -0.480 e. The van der Waals surface area contributed by atoms with Gasteiger partial charge in [0.25, 0.3) is 5.91 Å². The fourth-order valence-corrected chi connectivity index (χ4v) is 3.06. The van der Waals surface area contributed by atoms with Crippen LogP contribution < -0.4 is 20.4 Å². The zero-order valence-electron chi connectivity index (χ0n) is 16.7. The minimum atomic E-state index is -0.780. The van der Waals surface area contributed by atoms with Gasteiger partial charge in [-0.05, 0) is 42.3 Å². The number of hydrogen-bond donors (Lipinski definition) is 1. The predicted octanol–water partition coefficient (Wildman–Crippen LogP) is 4.47. The lowest BCUT2D eigenvalue weighted by molar-refractivity contribution is -0.136. The standard InChI is InChI=1S/C22H19Cl2NO6/c1-12(2)10-25-21(27)16-7-13-3-5-15(9-19(13)31-22(16)28)30-20(26)11-29-18-6-4-14(23)8-17(18)24/h3-9,12H,10-11H2,1-2H3,(H,25,27). The zero-order chi connectivity index (χ0) is 22.5. The van der Waals surface area contributed by atoms with Crippen LogP contribution in [0.1, 0.15) is 24.2 Å². The Morgan fingerprint density at radius 1 is 1.10 bits per heavy atom. The maximum atomic E-state index is 12.2. The lowest BCUT2D eigenvalue weighted by atomic mass is 10.1. The van der Waals surface area contributed by atoms with Crippen LogP contribution in [-0.2, 0) is 4.79 Å². The number of fused-ring (bicyclic) bond motifs is 1. The molecule has 2 aromatic carbocycles. The molecular weight excluding hydrogens is 445 g/mol. The summed E-state index contributed by atoms with van der Waals surface area (Å²) in [6, 6.07) is 10.5. The van der Waals surface area contributed by atoms with E-state index in [1.165, 1.54) is 30.3 Å². The van der Waals surface area contributed by atoms with E-state index in [0.29, 0.717) is 17.0 Å². The van der Waals surface area contributed by atoms with E-state index in [1.54, 1.807) is 12.1 Å². The Balaban J connectivity index is 1.69. The van der Waals surface area contributed by atoms with Crippen LogP contribution in [0.5, 0.6) is 11.5 Å². The van der Waals surface area contributed by atoms with Crippen molar-refractivity contribution in [3.05, 3.63) is 68.5 Å². The first kappa shape index (κ1) is 22.7. The maximum Gasteiger partial charge on any atom is 0.349 e. The van der Waals surface area contributed by atoms with Crippen molar-refractivity contribution >= 4 is 46.0 Å². The van der Waals surface area contributed by atoms with Gasteiger partial charge in [0.05, 0.1) is 5.02 Å². The molecule has 0 spiro atoms. The summed E-state index contributed by atoms with van der Waals surface area (Å²) >= 11 is 11.8. The van der Waals surface area contributed by atoms with Crippen LogP contribution >= 0.6 is 23.2 Å². The van der Waals surface area contributed by atoms with Gasteiger partial charge in [0, 0.05) is 23.0 Å². The van der Waals surface area contributed by atoms with Gasteiger partial charge in [0.15, 0.2) is 6.61 Å². The van der Waals surface area contributed by atoms with E-state index in [9.17, 15) is 14.4 Å². The molecule has 0 atom stereocenters. The van der Waals surface area contributed by atoms with E-state index in [2.05, 4.69) is 5.32 Å². The van der Waals surface area contributed by atoms with Crippen molar-refractivity contribution in [1.82, 2.24) is 5.32 Å². The van der Waals surface area contributed by atoms with Crippen molar-refractivity contribution in [3.63, 3.8) is 0 Å². The Morgan fingerprint density at radius 2 is 1.87 bits per heavy atom. The fourth-order valence-electron chi connectivity index (χ4n) is 2.60. The van der Waals surface area contributed by atoms with Gasteiger partial charge in [0.2, 0.25) is 0 Å². The Morgan fingerprint density at radius 3 is 2.58 bits per heavy atom. The monoisotopic (exact) mass is 463 g/mol. The second kappa shape index (κ2) is 9.85. The number of ether oxygens (including phenoxy) is 2. The second-order valence-corrected chi connectivity index (χ2v) is 7.93. The highest BCUT2D eigenvalue weighted by atomic mass is 35.5. The summed E-state index contributed by atoms with van der Waals surface area (Å²) in [7, 11) is 0. The highest BCUT2D eigenvalue weighted by Crippen LogP contribution is 2.27. The Bertz CT molecular complexity index is 1190. The lowest BCUT2D eigenvalue weighted by Gasteiger charge is -2.09. The average Bonchev–Trinajstić information content (AvgIpc) is 2.70. The molecule has 0 aliphatic carbocycles. The van der Waals surface area contributed by atoms with Crippen molar-refractivity contribution in [2.75, 3.05) is 13.2 Å². The molecule has 1 amide bonds. The van der Waals surface area contributed by atoms with E-state index in [-0.39, 0.29) is 33.6 Å². The van der Waals surface area contributed by atoms with E-state index >= 15 is 0 Å². The summed E-state index contributed by atoms with van der Waals surface area (Å²) in [5.41, 5.74) is -0.693. The van der Waals surface area contributed by atoms with Gasteiger partial charge in [-0.2, -0.15) is 0 Å². The molecule has 31 heavy (non-hydrogen) atoms. The number of nitrogens with one attached hydrogen (secondary N) is 1. The molecule has 1 N–H and O–H groups in total. The van der Waals surface area contributed by atoms with E-state index in [4.69, 9.17) is 37.1 Å². The first-order valence-corrected chi connectivity index (χ1v) is 10.1. The molecule has 0 aliphatic heterocycles. The molecule has 7 nitrogen and oxygen atoms in total. The number of esters is 1. The third kappa shape index (κ3) is 5.99. The number of hydrogen-bond acceptors (Lipinski definition) is 6. The SMILES string of the molecule is CC(C)CNC(=O)c1cc2ccc(OC(=O)COc3ccc(Cl)cc3Cl)cc2oc1=O. The number of carbonyl (C=O) groups is 2. The molecule has 0 fully saturated rings. The number of amides is 1. The van der Waals surface area contributed by atoms with Gasteiger partial charge in [-0.25, -0.2) is 9.59 Å². The molecular formula is C22H19Cl2NO6. The summed E-state index contributed by atoms with van der Waals surface area (Å²) in [5, 5.41) is 3.90. The topological polar surface area (TPSA) is 94.8 Å². The highest BCUT2D eigenvalue weighted by Gasteiger charge is 2.15. The summed E-state index contributed by atoms with van der Waals surface area (Å²) in [6.07, 6.45) is 0. The van der Waals surface area contributed by atoms with Crippen LogP contribution in [0.4, 0.5) is 0 Å². The van der Waals surface area contributed by atoms with E-state index in [1.807, 2.05) is 13.8 Å². The van der Waals surface area contributed by atoms with Crippen molar-refractivity contribution in [3.8, 4) is 11.5 Å². The highest BCUT2D eigenvalue weighted by molar-refractivity contribution is 6.35. The normalized spacial score (nSPS) is 10.9. The molecule has 0 saturated carbocycles. The number of rotatable bonds is 7.